The first-order valence-electron chi connectivity index (χ1n) is 7.75. The molecule has 0 fully saturated rings. The third-order valence-corrected chi connectivity index (χ3v) is 5.10. The fraction of sp³-hybridized carbons (Fsp3) is 0.167. The number of nitro groups is 1. The molecule has 0 atom stereocenters. The Labute approximate surface area is 167 Å². The average molecular weight is 451 g/mol. The molecule has 0 saturated heterocycles. The van der Waals surface area contributed by atoms with Crippen molar-refractivity contribution in [3.05, 3.63) is 62.1 Å². The Balaban J connectivity index is 1.80. The summed E-state index contributed by atoms with van der Waals surface area (Å²) in [6.45, 7) is 0.111. The Morgan fingerprint density at radius 3 is 2.63 bits per heavy atom. The molecule has 1 aromatic heterocycles. The Bertz CT molecular complexity index is 976. The molecule has 0 aliphatic carbocycles. The highest BCUT2D eigenvalue weighted by molar-refractivity contribution is 9.10. The number of benzene rings is 2. The van der Waals surface area contributed by atoms with E-state index in [4.69, 9.17) is 14.2 Å². The van der Waals surface area contributed by atoms with Crippen LogP contribution in [0.25, 0.3) is 10.6 Å². The van der Waals surface area contributed by atoms with Crippen molar-refractivity contribution in [3.63, 3.8) is 0 Å². The minimum absolute atomic E-state index is 0.111. The predicted octanol–water partition coefficient (Wildman–Crippen LogP) is 5.08. The number of methoxy groups -OCH3 is 2. The maximum Gasteiger partial charge on any atom is 0.314 e. The molecule has 0 aliphatic rings. The van der Waals surface area contributed by atoms with Gasteiger partial charge < -0.3 is 14.2 Å². The van der Waals surface area contributed by atoms with Crippen molar-refractivity contribution in [3.8, 4) is 27.8 Å². The molecule has 27 heavy (non-hydrogen) atoms. The van der Waals surface area contributed by atoms with Crippen molar-refractivity contribution in [2.45, 2.75) is 6.61 Å². The van der Waals surface area contributed by atoms with Crippen LogP contribution >= 0.6 is 27.3 Å². The Morgan fingerprint density at radius 1 is 1.15 bits per heavy atom. The zero-order valence-electron chi connectivity index (χ0n) is 14.5. The number of hydrogen-bond donors (Lipinski definition) is 0. The molecule has 7 nitrogen and oxygen atoms in total. The van der Waals surface area contributed by atoms with Gasteiger partial charge in [-0.05, 0) is 30.3 Å². The van der Waals surface area contributed by atoms with Gasteiger partial charge in [-0.1, -0.05) is 15.9 Å². The van der Waals surface area contributed by atoms with E-state index in [9.17, 15) is 10.1 Å². The summed E-state index contributed by atoms with van der Waals surface area (Å²) in [6, 6.07) is 10.1. The first-order chi connectivity index (χ1) is 13.0. The van der Waals surface area contributed by atoms with Gasteiger partial charge in [-0.3, -0.25) is 10.1 Å². The smallest absolute Gasteiger partial charge is 0.314 e. The lowest BCUT2D eigenvalue weighted by molar-refractivity contribution is -0.386. The summed E-state index contributed by atoms with van der Waals surface area (Å²) in [7, 11) is 3.06. The molecule has 0 bridgehead atoms. The molecule has 9 heteroatoms. The largest absolute Gasteiger partial charge is 0.496 e. The fourth-order valence-corrected chi connectivity index (χ4v) is 3.57. The van der Waals surface area contributed by atoms with Crippen LogP contribution in [-0.2, 0) is 6.61 Å². The number of ether oxygens (including phenoxy) is 3. The van der Waals surface area contributed by atoms with Gasteiger partial charge in [-0.2, -0.15) is 0 Å². The molecule has 2 aromatic carbocycles. The second-order valence-electron chi connectivity index (χ2n) is 5.37. The summed E-state index contributed by atoms with van der Waals surface area (Å²) in [5.74, 6) is 1.27. The van der Waals surface area contributed by atoms with E-state index in [2.05, 4.69) is 20.9 Å². The normalized spacial score (nSPS) is 10.5. The molecular weight excluding hydrogens is 436 g/mol. The summed E-state index contributed by atoms with van der Waals surface area (Å²) in [5, 5.41) is 13.9. The van der Waals surface area contributed by atoms with Crippen LogP contribution in [0.5, 0.6) is 17.2 Å². The molecule has 3 aromatic rings. The zero-order chi connectivity index (χ0) is 19.4. The predicted molar refractivity (Wildman–Crippen MR) is 106 cm³/mol. The highest BCUT2D eigenvalue weighted by Gasteiger charge is 2.17. The molecular formula is C18H15BrN2O5S. The second kappa shape index (κ2) is 8.36. The van der Waals surface area contributed by atoms with E-state index in [1.807, 2.05) is 23.6 Å². The van der Waals surface area contributed by atoms with Crippen molar-refractivity contribution in [2.75, 3.05) is 14.2 Å². The molecule has 0 aliphatic heterocycles. The second-order valence-corrected chi connectivity index (χ2v) is 7.14. The van der Waals surface area contributed by atoms with Crippen LogP contribution in [0.2, 0.25) is 0 Å². The zero-order valence-corrected chi connectivity index (χ0v) is 16.9. The summed E-state index contributed by atoms with van der Waals surface area (Å²) < 4.78 is 16.9. The monoisotopic (exact) mass is 450 g/mol. The van der Waals surface area contributed by atoms with E-state index in [0.29, 0.717) is 17.2 Å². The van der Waals surface area contributed by atoms with Crippen LogP contribution in [0.1, 0.15) is 5.69 Å². The Morgan fingerprint density at radius 2 is 1.93 bits per heavy atom. The van der Waals surface area contributed by atoms with Gasteiger partial charge in [0.2, 0.25) is 0 Å². The number of nitro benzene ring substituents is 1. The van der Waals surface area contributed by atoms with Crippen LogP contribution in [-0.4, -0.2) is 24.1 Å². The van der Waals surface area contributed by atoms with Crippen LogP contribution in [0, 0.1) is 10.1 Å². The van der Waals surface area contributed by atoms with Crippen LogP contribution in [0.3, 0.4) is 0 Å². The minimum atomic E-state index is -0.503. The molecule has 0 N–H and O–H groups in total. The van der Waals surface area contributed by atoms with Gasteiger partial charge in [0.1, 0.15) is 23.1 Å². The lowest BCUT2D eigenvalue weighted by atomic mass is 10.2. The molecule has 0 unspecified atom stereocenters. The summed E-state index contributed by atoms with van der Waals surface area (Å²) in [6.07, 6.45) is 0. The Hall–Kier alpha value is -2.65. The highest BCUT2D eigenvalue weighted by Crippen LogP contribution is 2.35. The van der Waals surface area contributed by atoms with Gasteiger partial charge in [0, 0.05) is 9.85 Å². The molecule has 1 heterocycles. The van der Waals surface area contributed by atoms with E-state index >= 15 is 0 Å². The number of halogens is 1. The number of rotatable bonds is 7. The van der Waals surface area contributed by atoms with Crippen LogP contribution in [0.15, 0.2) is 46.3 Å². The van der Waals surface area contributed by atoms with Gasteiger partial charge in [-0.15, -0.1) is 11.3 Å². The van der Waals surface area contributed by atoms with Crippen molar-refractivity contribution >= 4 is 33.0 Å². The van der Waals surface area contributed by atoms with E-state index in [1.165, 1.54) is 30.6 Å². The number of hydrogen-bond acceptors (Lipinski definition) is 7. The summed E-state index contributed by atoms with van der Waals surface area (Å²) in [5.41, 5.74) is 1.37. The van der Waals surface area contributed by atoms with E-state index in [0.717, 1.165) is 15.0 Å². The number of nitrogens with zero attached hydrogens (tertiary/aromatic N) is 2. The molecule has 0 spiro atoms. The van der Waals surface area contributed by atoms with E-state index < -0.39 is 4.92 Å². The van der Waals surface area contributed by atoms with Crippen LogP contribution in [0.4, 0.5) is 5.69 Å². The maximum absolute atomic E-state index is 11.2. The SMILES string of the molecule is COc1ccc(OCc2csc(-c3cc(Br)ccc3OC)n2)c([N+](=O)[O-])c1. The third-order valence-electron chi connectivity index (χ3n) is 3.68. The van der Waals surface area contributed by atoms with Gasteiger partial charge >= 0.3 is 5.69 Å². The first-order valence-corrected chi connectivity index (χ1v) is 9.42. The first kappa shape index (κ1) is 19.1. The van der Waals surface area contributed by atoms with E-state index in [-0.39, 0.29) is 18.0 Å². The molecule has 3 rings (SSSR count). The molecule has 140 valence electrons. The number of thiazole rings is 1. The molecule has 0 radical (unpaired) electrons. The highest BCUT2D eigenvalue weighted by atomic mass is 79.9. The average Bonchev–Trinajstić information content (AvgIpc) is 3.15. The van der Waals surface area contributed by atoms with Crippen LogP contribution < -0.4 is 14.2 Å². The third kappa shape index (κ3) is 4.37. The Kier molecular flexibility index (Phi) is 5.92. The lowest BCUT2D eigenvalue weighted by Gasteiger charge is -2.07. The molecule has 0 amide bonds. The summed E-state index contributed by atoms with van der Waals surface area (Å²) in [4.78, 5) is 15.3. The van der Waals surface area contributed by atoms with Crippen molar-refractivity contribution < 1.29 is 19.1 Å². The van der Waals surface area contributed by atoms with Crippen molar-refractivity contribution in [1.29, 1.82) is 0 Å². The fourth-order valence-electron chi connectivity index (χ4n) is 2.38. The minimum Gasteiger partial charge on any atom is -0.496 e. The quantitative estimate of drug-likeness (QED) is 0.368. The van der Waals surface area contributed by atoms with Crippen molar-refractivity contribution in [2.24, 2.45) is 0 Å². The van der Waals surface area contributed by atoms with Crippen molar-refractivity contribution in [1.82, 2.24) is 4.98 Å². The van der Waals surface area contributed by atoms with Gasteiger partial charge in [0.25, 0.3) is 0 Å². The molecule has 0 saturated carbocycles. The maximum atomic E-state index is 11.2. The summed E-state index contributed by atoms with van der Waals surface area (Å²) >= 11 is 4.89. The lowest BCUT2D eigenvalue weighted by Crippen LogP contribution is -2.00. The van der Waals surface area contributed by atoms with Gasteiger partial charge in [-0.25, -0.2) is 4.98 Å². The van der Waals surface area contributed by atoms with Gasteiger partial charge in [0.15, 0.2) is 5.75 Å². The van der Waals surface area contributed by atoms with E-state index in [1.54, 1.807) is 13.2 Å². The van der Waals surface area contributed by atoms with Gasteiger partial charge in [0.05, 0.1) is 36.5 Å². The topological polar surface area (TPSA) is 83.7 Å². The number of aromatic nitrogens is 1. The standard InChI is InChI=1S/C18H15BrN2O5S/c1-24-13-4-6-17(15(8-13)21(22)23)26-9-12-10-27-18(20-12)14-7-11(19)3-5-16(14)25-2/h3-8,10H,9H2,1-2H3.